The molecule has 1 aliphatic rings. The van der Waals surface area contributed by atoms with Crippen molar-refractivity contribution in [3.8, 4) is 23.3 Å². The largest absolute Gasteiger partial charge is 0.489 e. The quantitative estimate of drug-likeness (QED) is 0.459. The van der Waals surface area contributed by atoms with Gasteiger partial charge < -0.3 is 14.2 Å². The summed E-state index contributed by atoms with van der Waals surface area (Å²) in [6.45, 7) is 1.35. The van der Waals surface area contributed by atoms with Crippen LogP contribution in [0.15, 0.2) is 71.8 Å². The van der Waals surface area contributed by atoms with Gasteiger partial charge in [0.2, 0.25) is 5.91 Å². The van der Waals surface area contributed by atoms with Gasteiger partial charge >= 0.3 is 0 Å². The van der Waals surface area contributed by atoms with Crippen molar-refractivity contribution < 1.29 is 19.0 Å². The van der Waals surface area contributed by atoms with Crippen molar-refractivity contribution >= 4 is 12.1 Å². The van der Waals surface area contributed by atoms with Crippen LogP contribution in [0.5, 0.6) is 17.2 Å². The monoisotopic (exact) mass is 427 g/mol. The molecular weight excluding hydrogens is 406 g/mol. The standard InChI is InChI=1S/C25H21N3O4/c26-15-20-3-1-2-4-21(20)17-32-22-8-5-18(6-9-22)16-27-28-25(29)14-19-7-10-23-24(13-19)31-12-11-30-23/h1-10,13,16H,11-12,14,17H2,(H,28,29)/b27-16+. The summed E-state index contributed by atoms with van der Waals surface area (Å²) < 4.78 is 16.8. The molecule has 0 spiro atoms. The summed E-state index contributed by atoms with van der Waals surface area (Å²) in [5.41, 5.74) is 5.60. The van der Waals surface area contributed by atoms with Gasteiger partial charge in [0.25, 0.3) is 0 Å². The number of nitriles is 1. The fraction of sp³-hybridized carbons (Fsp3) is 0.160. The minimum absolute atomic E-state index is 0.185. The van der Waals surface area contributed by atoms with Crippen LogP contribution in [0.25, 0.3) is 0 Å². The van der Waals surface area contributed by atoms with Crippen molar-refractivity contribution in [3.05, 3.63) is 89.0 Å². The topological polar surface area (TPSA) is 92.9 Å². The fourth-order valence-corrected chi connectivity index (χ4v) is 3.17. The van der Waals surface area contributed by atoms with E-state index in [0.29, 0.717) is 42.6 Å². The number of nitrogens with one attached hydrogen (secondary N) is 1. The summed E-state index contributed by atoms with van der Waals surface area (Å²) in [5.74, 6) is 1.80. The van der Waals surface area contributed by atoms with Crippen molar-refractivity contribution in [1.29, 1.82) is 5.26 Å². The molecule has 0 atom stereocenters. The zero-order chi connectivity index (χ0) is 22.2. The normalized spacial score (nSPS) is 12.2. The summed E-state index contributed by atoms with van der Waals surface area (Å²) in [4.78, 5) is 12.2. The first-order chi connectivity index (χ1) is 15.7. The Bertz CT molecular complexity index is 1170. The molecule has 0 saturated carbocycles. The molecule has 32 heavy (non-hydrogen) atoms. The maximum absolute atomic E-state index is 12.2. The Balaban J connectivity index is 1.26. The number of carbonyl (C=O) groups excluding carboxylic acids is 1. The highest BCUT2D eigenvalue weighted by molar-refractivity contribution is 5.83. The molecule has 0 radical (unpaired) electrons. The highest BCUT2D eigenvalue weighted by Gasteiger charge is 2.13. The van der Waals surface area contributed by atoms with Gasteiger partial charge in [0, 0.05) is 5.56 Å². The Labute approximate surface area is 185 Å². The van der Waals surface area contributed by atoms with Crippen molar-refractivity contribution in [1.82, 2.24) is 5.43 Å². The summed E-state index contributed by atoms with van der Waals surface area (Å²) in [5, 5.41) is 13.2. The SMILES string of the molecule is N#Cc1ccccc1COc1ccc(/C=N/NC(=O)Cc2ccc3c(c2)OCCO3)cc1. The van der Waals surface area contributed by atoms with E-state index in [1.54, 1.807) is 12.3 Å². The Hall–Kier alpha value is -4.31. The molecule has 7 nitrogen and oxygen atoms in total. The van der Waals surface area contributed by atoms with Crippen LogP contribution in [0.1, 0.15) is 22.3 Å². The van der Waals surface area contributed by atoms with Crippen molar-refractivity contribution in [2.75, 3.05) is 13.2 Å². The van der Waals surface area contributed by atoms with E-state index in [1.807, 2.05) is 60.7 Å². The first kappa shape index (κ1) is 20.9. The van der Waals surface area contributed by atoms with Crippen LogP contribution < -0.4 is 19.6 Å². The van der Waals surface area contributed by atoms with Crippen LogP contribution in [0.3, 0.4) is 0 Å². The minimum Gasteiger partial charge on any atom is -0.489 e. The zero-order valence-electron chi connectivity index (χ0n) is 17.3. The third-order valence-corrected chi connectivity index (χ3v) is 4.79. The molecule has 4 rings (SSSR count). The van der Waals surface area contributed by atoms with Gasteiger partial charge in [0.1, 0.15) is 25.6 Å². The lowest BCUT2D eigenvalue weighted by molar-refractivity contribution is -0.120. The molecule has 1 amide bonds. The molecule has 1 N–H and O–H groups in total. The van der Waals surface area contributed by atoms with Gasteiger partial charge in [-0.3, -0.25) is 4.79 Å². The minimum atomic E-state index is -0.228. The van der Waals surface area contributed by atoms with Gasteiger partial charge in [0.15, 0.2) is 11.5 Å². The average molecular weight is 427 g/mol. The Morgan fingerprint density at radius 3 is 2.66 bits per heavy atom. The predicted octanol–water partition coefficient (Wildman–Crippen LogP) is 3.60. The number of fused-ring (bicyclic) bond motifs is 1. The maximum atomic E-state index is 12.2. The number of nitrogens with zero attached hydrogens (tertiary/aromatic N) is 2. The van der Waals surface area contributed by atoms with Crippen molar-refractivity contribution in [2.45, 2.75) is 13.0 Å². The number of rotatable bonds is 7. The number of carbonyl (C=O) groups is 1. The molecule has 0 bridgehead atoms. The summed E-state index contributed by atoms with van der Waals surface area (Å²) >= 11 is 0. The van der Waals surface area contributed by atoms with Crippen molar-refractivity contribution in [3.63, 3.8) is 0 Å². The second kappa shape index (κ2) is 10.1. The molecule has 0 fully saturated rings. The summed E-state index contributed by atoms with van der Waals surface area (Å²) in [6.07, 6.45) is 1.75. The average Bonchev–Trinajstić information content (AvgIpc) is 2.83. The highest BCUT2D eigenvalue weighted by Crippen LogP contribution is 2.30. The Kier molecular flexibility index (Phi) is 6.63. The Morgan fingerprint density at radius 1 is 1.06 bits per heavy atom. The van der Waals surface area contributed by atoms with Gasteiger partial charge in [-0.05, 0) is 53.6 Å². The van der Waals surface area contributed by atoms with E-state index < -0.39 is 0 Å². The molecule has 0 unspecified atom stereocenters. The molecule has 0 aromatic heterocycles. The lowest BCUT2D eigenvalue weighted by Crippen LogP contribution is -2.20. The maximum Gasteiger partial charge on any atom is 0.244 e. The second-order valence-electron chi connectivity index (χ2n) is 7.07. The van der Waals surface area contributed by atoms with Gasteiger partial charge in [-0.2, -0.15) is 10.4 Å². The molecule has 1 heterocycles. The predicted molar refractivity (Wildman–Crippen MR) is 119 cm³/mol. The number of benzene rings is 3. The van der Waals surface area contributed by atoms with E-state index in [1.165, 1.54) is 0 Å². The molecule has 0 saturated heterocycles. The number of ether oxygens (including phenoxy) is 3. The van der Waals surface area contributed by atoms with Gasteiger partial charge in [0.05, 0.1) is 24.3 Å². The van der Waals surface area contributed by atoms with E-state index in [4.69, 9.17) is 19.5 Å². The van der Waals surface area contributed by atoms with Crippen LogP contribution in [0.2, 0.25) is 0 Å². The van der Waals surface area contributed by atoms with Gasteiger partial charge in [-0.25, -0.2) is 5.43 Å². The second-order valence-corrected chi connectivity index (χ2v) is 7.07. The van der Waals surface area contributed by atoms with E-state index in [0.717, 1.165) is 16.7 Å². The van der Waals surface area contributed by atoms with E-state index in [9.17, 15) is 4.79 Å². The lowest BCUT2D eigenvalue weighted by atomic mass is 10.1. The molecule has 1 aliphatic heterocycles. The van der Waals surface area contributed by atoms with E-state index in [2.05, 4.69) is 16.6 Å². The molecule has 0 aliphatic carbocycles. The van der Waals surface area contributed by atoms with Gasteiger partial charge in [-0.1, -0.05) is 24.3 Å². The molecule has 3 aromatic carbocycles. The van der Waals surface area contributed by atoms with E-state index in [-0.39, 0.29) is 12.3 Å². The number of amides is 1. The van der Waals surface area contributed by atoms with Crippen LogP contribution in [-0.2, 0) is 17.8 Å². The van der Waals surface area contributed by atoms with Gasteiger partial charge in [-0.15, -0.1) is 0 Å². The first-order valence-electron chi connectivity index (χ1n) is 10.1. The van der Waals surface area contributed by atoms with Crippen LogP contribution in [0, 0.1) is 11.3 Å². The highest BCUT2D eigenvalue weighted by atomic mass is 16.6. The van der Waals surface area contributed by atoms with Crippen LogP contribution >= 0.6 is 0 Å². The smallest absolute Gasteiger partial charge is 0.244 e. The Morgan fingerprint density at radius 2 is 1.84 bits per heavy atom. The molecule has 3 aromatic rings. The first-order valence-corrected chi connectivity index (χ1v) is 10.1. The van der Waals surface area contributed by atoms with Crippen LogP contribution in [-0.4, -0.2) is 25.3 Å². The zero-order valence-corrected chi connectivity index (χ0v) is 17.3. The molecule has 160 valence electrons. The number of hydrazone groups is 1. The third kappa shape index (κ3) is 5.43. The summed E-state index contributed by atoms with van der Waals surface area (Å²) in [6, 6.07) is 22.2. The summed E-state index contributed by atoms with van der Waals surface area (Å²) in [7, 11) is 0. The molecular formula is C25H21N3O4. The molecule has 7 heteroatoms. The fourth-order valence-electron chi connectivity index (χ4n) is 3.17. The third-order valence-electron chi connectivity index (χ3n) is 4.79. The van der Waals surface area contributed by atoms with Crippen LogP contribution in [0.4, 0.5) is 0 Å². The lowest BCUT2D eigenvalue weighted by Gasteiger charge is -2.18. The number of hydrogen-bond acceptors (Lipinski definition) is 6. The van der Waals surface area contributed by atoms with E-state index >= 15 is 0 Å². The van der Waals surface area contributed by atoms with Crippen molar-refractivity contribution in [2.24, 2.45) is 5.10 Å². The number of hydrogen-bond donors (Lipinski definition) is 1.